The van der Waals surface area contributed by atoms with E-state index >= 15 is 0 Å². The summed E-state index contributed by atoms with van der Waals surface area (Å²) >= 11 is 0. The van der Waals surface area contributed by atoms with Crippen LogP contribution in [0.2, 0.25) is 0 Å². The fourth-order valence-electron chi connectivity index (χ4n) is 0.406. The molecule has 9 heavy (non-hydrogen) atoms. The number of hydroxylamine groups is 3. The molecule has 0 aliphatic carbocycles. The summed E-state index contributed by atoms with van der Waals surface area (Å²) in [7, 11) is 0. The summed E-state index contributed by atoms with van der Waals surface area (Å²) < 4.78 is 0. The van der Waals surface area contributed by atoms with E-state index in [1.165, 1.54) is 0 Å². The SMILES string of the molecule is OCCN(O)CCNO. The fourth-order valence-corrected chi connectivity index (χ4v) is 0.406. The third kappa shape index (κ3) is 5.67. The van der Waals surface area contributed by atoms with E-state index in [4.69, 9.17) is 15.5 Å². The molecule has 0 atom stereocenters. The maximum Gasteiger partial charge on any atom is 0.0581 e. The Balaban J connectivity index is 2.95. The number of aliphatic hydroxyl groups is 1. The van der Waals surface area contributed by atoms with Gasteiger partial charge in [-0.15, -0.1) is 0 Å². The highest BCUT2D eigenvalue weighted by Gasteiger charge is 1.95. The predicted octanol–water partition coefficient (Wildman–Crippen LogP) is -1.35. The Kier molecular flexibility index (Phi) is 5.80. The number of nitrogens with one attached hydrogen (secondary N) is 1. The molecule has 4 N–H and O–H groups in total. The summed E-state index contributed by atoms with van der Waals surface area (Å²) in [6, 6.07) is 0. The van der Waals surface area contributed by atoms with Gasteiger partial charge in [-0.3, -0.25) is 0 Å². The second-order valence-corrected chi connectivity index (χ2v) is 1.59. The van der Waals surface area contributed by atoms with Crippen molar-refractivity contribution >= 4 is 0 Å². The molecule has 0 bridgehead atoms. The molecule has 0 spiro atoms. The van der Waals surface area contributed by atoms with E-state index in [-0.39, 0.29) is 19.7 Å². The van der Waals surface area contributed by atoms with Crippen LogP contribution in [0.15, 0.2) is 0 Å². The molecule has 0 unspecified atom stereocenters. The highest BCUT2D eigenvalue weighted by atomic mass is 16.5. The van der Waals surface area contributed by atoms with Crippen LogP contribution in [-0.4, -0.2) is 46.8 Å². The third-order valence-electron chi connectivity index (χ3n) is 0.840. The average Bonchev–Trinajstić information content (AvgIpc) is 1.85. The van der Waals surface area contributed by atoms with Crippen LogP contribution in [0, 0.1) is 0 Å². The lowest BCUT2D eigenvalue weighted by Gasteiger charge is -2.10. The minimum atomic E-state index is -0.0814. The fraction of sp³-hybridized carbons (Fsp3) is 1.00. The number of rotatable bonds is 5. The summed E-state index contributed by atoms with van der Waals surface area (Å²) in [6.45, 7) is 0.719. The molecule has 0 aliphatic heterocycles. The van der Waals surface area contributed by atoms with Crippen molar-refractivity contribution in [3.05, 3.63) is 0 Å². The van der Waals surface area contributed by atoms with Crippen molar-refractivity contribution in [1.29, 1.82) is 0 Å². The van der Waals surface area contributed by atoms with Crippen LogP contribution in [0.4, 0.5) is 0 Å². The Morgan fingerprint density at radius 2 is 2.00 bits per heavy atom. The topological polar surface area (TPSA) is 76.0 Å². The molecule has 0 saturated carbocycles. The van der Waals surface area contributed by atoms with E-state index in [0.29, 0.717) is 6.54 Å². The van der Waals surface area contributed by atoms with Crippen LogP contribution in [-0.2, 0) is 0 Å². The molecule has 5 nitrogen and oxygen atoms in total. The zero-order chi connectivity index (χ0) is 7.11. The smallest absolute Gasteiger partial charge is 0.0581 e. The standard InChI is InChI=1S/C4H12N2O3/c7-4-3-6(9)2-1-5-8/h5,7-9H,1-4H2. The Morgan fingerprint density at radius 3 is 2.44 bits per heavy atom. The molecule has 5 heteroatoms. The number of hydrogen-bond acceptors (Lipinski definition) is 5. The van der Waals surface area contributed by atoms with Gasteiger partial charge in [0.15, 0.2) is 0 Å². The van der Waals surface area contributed by atoms with E-state index < -0.39 is 0 Å². The number of nitrogens with zero attached hydrogens (tertiary/aromatic N) is 1. The molecule has 0 aromatic rings. The first kappa shape index (κ1) is 8.80. The van der Waals surface area contributed by atoms with Crippen molar-refractivity contribution < 1.29 is 15.5 Å². The van der Waals surface area contributed by atoms with Gasteiger partial charge in [-0.1, -0.05) is 0 Å². The molecule has 0 saturated heterocycles. The van der Waals surface area contributed by atoms with Crippen LogP contribution in [0.1, 0.15) is 0 Å². The highest BCUT2D eigenvalue weighted by molar-refractivity contribution is 4.42. The Labute approximate surface area is 53.4 Å². The van der Waals surface area contributed by atoms with Crippen LogP contribution in [0.3, 0.4) is 0 Å². The van der Waals surface area contributed by atoms with Crippen molar-refractivity contribution in [3.63, 3.8) is 0 Å². The predicted molar refractivity (Wildman–Crippen MR) is 30.2 cm³/mol. The van der Waals surface area contributed by atoms with Gasteiger partial charge in [0, 0.05) is 19.6 Å². The zero-order valence-electron chi connectivity index (χ0n) is 5.12. The van der Waals surface area contributed by atoms with Gasteiger partial charge in [-0.05, 0) is 0 Å². The van der Waals surface area contributed by atoms with Gasteiger partial charge >= 0.3 is 0 Å². The van der Waals surface area contributed by atoms with Crippen molar-refractivity contribution in [2.24, 2.45) is 0 Å². The molecule has 0 aromatic carbocycles. The van der Waals surface area contributed by atoms with Crippen LogP contribution in [0.5, 0.6) is 0 Å². The molecular formula is C4H12N2O3. The lowest BCUT2D eigenvalue weighted by molar-refractivity contribution is -0.101. The molecule has 0 amide bonds. The molecule has 0 rings (SSSR count). The first-order chi connectivity index (χ1) is 4.31. The Morgan fingerprint density at radius 1 is 1.33 bits per heavy atom. The maximum absolute atomic E-state index is 8.70. The van der Waals surface area contributed by atoms with Gasteiger partial charge in [0.1, 0.15) is 0 Å². The Bertz CT molecular complexity index is 61.8. The molecular weight excluding hydrogens is 124 g/mol. The van der Waals surface area contributed by atoms with Gasteiger partial charge in [0.2, 0.25) is 0 Å². The lowest BCUT2D eigenvalue weighted by Crippen LogP contribution is -2.30. The number of hydrogen-bond donors (Lipinski definition) is 4. The number of aliphatic hydroxyl groups excluding tert-OH is 1. The Hall–Kier alpha value is -0.200. The van der Waals surface area contributed by atoms with E-state index in [2.05, 4.69) is 0 Å². The van der Waals surface area contributed by atoms with Gasteiger partial charge < -0.3 is 15.5 Å². The van der Waals surface area contributed by atoms with E-state index in [0.717, 1.165) is 5.06 Å². The van der Waals surface area contributed by atoms with Crippen molar-refractivity contribution in [1.82, 2.24) is 10.5 Å². The third-order valence-corrected chi connectivity index (χ3v) is 0.840. The zero-order valence-corrected chi connectivity index (χ0v) is 5.12. The van der Waals surface area contributed by atoms with Crippen LogP contribution in [0.25, 0.3) is 0 Å². The minimum absolute atomic E-state index is 0.0814. The van der Waals surface area contributed by atoms with Gasteiger partial charge in [-0.25, -0.2) is 5.48 Å². The second kappa shape index (κ2) is 5.93. The summed E-state index contributed by atoms with van der Waals surface area (Å²) in [5.74, 6) is 0. The average molecular weight is 136 g/mol. The summed E-state index contributed by atoms with van der Waals surface area (Å²) in [4.78, 5) is 0. The first-order valence-electron chi connectivity index (χ1n) is 2.73. The first-order valence-corrected chi connectivity index (χ1v) is 2.73. The van der Waals surface area contributed by atoms with Crippen molar-refractivity contribution in [2.75, 3.05) is 26.2 Å². The molecule has 0 heterocycles. The molecule has 0 radical (unpaired) electrons. The molecule has 0 aliphatic rings. The van der Waals surface area contributed by atoms with E-state index in [1.54, 1.807) is 0 Å². The highest BCUT2D eigenvalue weighted by Crippen LogP contribution is 1.75. The summed E-state index contributed by atoms with van der Waals surface area (Å²) in [5.41, 5.74) is 1.87. The van der Waals surface area contributed by atoms with E-state index in [1.807, 2.05) is 5.48 Å². The molecule has 0 fully saturated rings. The lowest BCUT2D eigenvalue weighted by atomic mass is 10.6. The maximum atomic E-state index is 8.70. The monoisotopic (exact) mass is 136 g/mol. The van der Waals surface area contributed by atoms with Crippen molar-refractivity contribution in [2.45, 2.75) is 0 Å². The van der Waals surface area contributed by atoms with Gasteiger partial charge in [0.25, 0.3) is 0 Å². The van der Waals surface area contributed by atoms with Gasteiger partial charge in [0.05, 0.1) is 6.61 Å². The normalized spacial score (nSPS) is 10.7. The molecule has 0 aromatic heterocycles. The van der Waals surface area contributed by atoms with Crippen LogP contribution < -0.4 is 5.48 Å². The van der Waals surface area contributed by atoms with E-state index in [9.17, 15) is 0 Å². The second-order valence-electron chi connectivity index (χ2n) is 1.59. The van der Waals surface area contributed by atoms with Crippen molar-refractivity contribution in [3.8, 4) is 0 Å². The van der Waals surface area contributed by atoms with Gasteiger partial charge in [-0.2, -0.15) is 5.06 Å². The van der Waals surface area contributed by atoms with Crippen LogP contribution >= 0.6 is 0 Å². The quantitative estimate of drug-likeness (QED) is 0.351. The minimum Gasteiger partial charge on any atom is -0.395 e. The largest absolute Gasteiger partial charge is 0.395 e. The summed E-state index contributed by atoms with van der Waals surface area (Å²) in [5, 5.41) is 25.9. The summed E-state index contributed by atoms with van der Waals surface area (Å²) in [6.07, 6.45) is 0. The molecule has 56 valence electrons.